The molecule has 1 aromatic carbocycles. The molecule has 7 nitrogen and oxygen atoms in total. The van der Waals surface area contributed by atoms with E-state index in [4.69, 9.17) is 9.52 Å². The van der Waals surface area contributed by atoms with Crippen molar-refractivity contribution >= 4 is 22.6 Å². The number of nitrogens with one attached hydrogen (secondary N) is 1. The summed E-state index contributed by atoms with van der Waals surface area (Å²) >= 11 is 0. The minimum absolute atomic E-state index is 0.0554. The third-order valence-electron chi connectivity index (χ3n) is 3.53. The Morgan fingerprint density at radius 1 is 1.41 bits per heavy atom. The van der Waals surface area contributed by atoms with Crippen molar-refractivity contribution < 1.29 is 14.3 Å². The number of anilines is 1. The third-order valence-corrected chi connectivity index (χ3v) is 3.53. The van der Waals surface area contributed by atoms with Crippen LogP contribution in [0.1, 0.15) is 21.8 Å². The van der Waals surface area contributed by atoms with Crippen molar-refractivity contribution in [3.05, 3.63) is 41.4 Å². The fourth-order valence-corrected chi connectivity index (χ4v) is 2.23. The Balaban J connectivity index is 1.82. The number of hydrogen-bond acceptors (Lipinski definition) is 5. The van der Waals surface area contributed by atoms with Gasteiger partial charge in [0.1, 0.15) is 11.3 Å². The van der Waals surface area contributed by atoms with Gasteiger partial charge in [0, 0.05) is 11.1 Å². The van der Waals surface area contributed by atoms with Crippen LogP contribution < -0.4 is 5.32 Å². The molecular weight excluding hydrogens is 284 g/mol. The zero-order valence-electron chi connectivity index (χ0n) is 12.3. The van der Waals surface area contributed by atoms with Crippen LogP contribution in [0.25, 0.3) is 11.0 Å². The number of carbonyl (C=O) groups is 1. The van der Waals surface area contributed by atoms with Crippen LogP contribution in [0, 0.1) is 13.8 Å². The lowest BCUT2D eigenvalue weighted by Crippen LogP contribution is -2.12. The Morgan fingerprint density at radius 3 is 3.00 bits per heavy atom. The number of furan rings is 1. The van der Waals surface area contributed by atoms with Crippen LogP contribution in [-0.2, 0) is 6.54 Å². The summed E-state index contributed by atoms with van der Waals surface area (Å²) in [4.78, 5) is 12.1. The van der Waals surface area contributed by atoms with E-state index in [1.54, 1.807) is 6.07 Å². The normalized spacial score (nSPS) is 11.0. The van der Waals surface area contributed by atoms with E-state index in [1.165, 1.54) is 10.9 Å². The molecule has 0 fully saturated rings. The van der Waals surface area contributed by atoms with Crippen LogP contribution in [-0.4, -0.2) is 32.6 Å². The van der Waals surface area contributed by atoms with Crippen molar-refractivity contribution in [3.63, 3.8) is 0 Å². The van der Waals surface area contributed by atoms with Gasteiger partial charge in [0.15, 0.2) is 5.69 Å². The summed E-state index contributed by atoms with van der Waals surface area (Å²) in [7, 11) is 0. The van der Waals surface area contributed by atoms with E-state index in [9.17, 15) is 4.79 Å². The number of fused-ring (bicyclic) bond motifs is 1. The molecule has 2 heterocycles. The lowest BCUT2D eigenvalue weighted by atomic mass is 10.1. The van der Waals surface area contributed by atoms with E-state index < -0.39 is 0 Å². The average molecular weight is 300 g/mol. The summed E-state index contributed by atoms with van der Waals surface area (Å²) in [6.45, 7) is 4.14. The zero-order chi connectivity index (χ0) is 15.7. The van der Waals surface area contributed by atoms with Gasteiger partial charge in [-0.25, -0.2) is 4.68 Å². The molecule has 2 aromatic heterocycles. The van der Waals surface area contributed by atoms with Crippen molar-refractivity contribution in [2.45, 2.75) is 20.4 Å². The van der Waals surface area contributed by atoms with E-state index in [-0.39, 0.29) is 18.2 Å². The van der Waals surface area contributed by atoms with E-state index >= 15 is 0 Å². The molecule has 0 aliphatic carbocycles. The molecule has 0 radical (unpaired) electrons. The lowest BCUT2D eigenvalue weighted by molar-refractivity contribution is 0.102. The van der Waals surface area contributed by atoms with Crippen molar-refractivity contribution in [2.75, 3.05) is 11.9 Å². The molecule has 7 heteroatoms. The maximum atomic E-state index is 12.1. The number of aryl methyl sites for hydroxylation is 2. The van der Waals surface area contributed by atoms with Crippen LogP contribution in [0.5, 0.6) is 0 Å². The first-order valence-corrected chi connectivity index (χ1v) is 6.90. The highest BCUT2D eigenvalue weighted by Gasteiger charge is 2.13. The molecule has 0 spiro atoms. The lowest BCUT2D eigenvalue weighted by Gasteiger charge is -2.02. The van der Waals surface area contributed by atoms with Gasteiger partial charge in [-0.2, -0.15) is 0 Å². The summed E-state index contributed by atoms with van der Waals surface area (Å²) in [5.74, 6) is 0.520. The van der Waals surface area contributed by atoms with Gasteiger partial charge in [-0.1, -0.05) is 5.21 Å². The van der Waals surface area contributed by atoms with Crippen LogP contribution in [0.3, 0.4) is 0 Å². The Kier molecular flexibility index (Phi) is 3.64. The fourth-order valence-electron chi connectivity index (χ4n) is 2.23. The van der Waals surface area contributed by atoms with Gasteiger partial charge in [0.05, 0.1) is 19.3 Å². The molecule has 0 saturated carbocycles. The topological polar surface area (TPSA) is 93.2 Å². The summed E-state index contributed by atoms with van der Waals surface area (Å²) in [5.41, 5.74) is 2.72. The second-order valence-corrected chi connectivity index (χ2v) is 5.04. The van der Waals surface area contributed by atoms with E-state index in [1.807, 2.05) is 26.0 Å². The molecular formula is C15H16N4O3. The quantitative estimate of drug-likeness (QED) is 0.767. The number of nitrogens with zero attached hydrogens (tertiary/aromatic N) is 3. The van der Waals surface area contributed by atoms with Crippen LogP contribution in [0.2, 0.25) is 0 Å². The maximum absolute atomic E-state index is 12.1. The molecule has 1 amide bonds. The molecule has 0 aliphatic rings. The number of benzene rings is 1. The van der Waals surface area contributed by atoms with Crippen molar-refractivity contribution in [1.29, 1.82) is 0 Å². The maximum Gasteiger partial charge on any atom is 0.277 e. The number of aliphatic hydroxyl groups is 1. The third kappa shape index (κ3) is 2.58. The number of rotatable bonds is 4. The van der Waals surface area contributed by atoms with E-state index in [2.05, 4.69) is 15.6 Å². The number of hydrogen-bond donors (Lipinski definition) is 2. The van der Waals surface area contributed by atoms with E-state index in [0.717, 1.165) is 22.3 Å². The summed E-state index contributed by atoms with van der Waals surface area (Å²) in [6.07, 6.45) is 1.50. The van der Waals surface area contributed by atoms with Gasteiger partial charge in [-0.15, -0.1) is 5.10 Å². The molecule has 0 aliphatic heterocycles. The zero-order valence-corrected chi connectivity index (χ0v) is 12.3. The minimum atomic E-state index is -0.346. The fraction of sp³-hybridized carbons (Fsp3) is 0.267. The number of aliphatic hydroxyl groups excluding tert-OH is 1. The average Bonchev–Trinajstić information content (AvgIpc) is 3.06. The Labute approximate surface area is 126 Å². The van der Waals surface area contributed by atoms with Gasteiger partial charge in [-0.3, -0.25) is 4.79 Å². The summed E-state index contributed by atoms with van der Waals surface area (Å²) < 4.78 is 7.03. The standard InChI is InChI=1S/C15H16N4O3/c1-9-10(2)22-14-4-3-11(7-12(9)14)16-15(21)13-8-19(5-6-20)18-17-13/h3-4,7-8,20H,5-6H2,1-2H3,(H,16,21). The Bertz CT molecular complexity index is 835. The number of aromatic nitrogens is 3. The van der Waals surface area contributed by atoms with Gasteiger partial charge >= 0.3 is 0 Å². The molecule has 0 saturated heterocycles. The predicted octanol–water partition coefficient (Wildman–Crippen LogP) is 1.89. The molecule has 0 atom stereocenters. The molecule has 2 N–H and O–H groups in total. The second kappa shape index (κ2) is 5.61. The van der Waals surface area contributed by atoms with Crippen LogP contribution in [0.4, 0.5) is 5.69 Å². The van der Waals surface area contributed by atoms with Crippen molar-refractivity contribution in [1.82, 2.24) is 15.0 Å². The molecule has 0 unspecified atom stereocenters. The summed E-state index contributed by atoms with van der Waals surface area (Å²) in [5, 5.41) is 20.1. The molecule has 0 bridgehead atoms. The first kappa shape index (κ1) is 14.3. The highest BCUT2D eigenvalue weighted by Crippen LogP contribution is 2.27. The van der Waals surface area contributed by atoms with Gasteiger partial charge in [-0.05, 0) is 37.6 Å². The first-order valence-electron chi connectivity index (χ1n) is 6.90. The molecule has 3 rings (SSSR count). The minimum Gasteiger partial charge on any atom is -0.461 e. The van der Waals surface area contributed by atoms with Crippen LogP contribution >= 0.6 is 0 Å². The number of carbonyl (C=O) groups excluding carboxylic acids is 1. The predicted molar refractivity (Wildman–Crippen MR) is 80.7 cm³/mol. The first-order chi connectivity index (χ1) is 10.6. The SMILES string of the molecule is Cc1oc2ccc(NC(=O)c3cn(CCO)nn3)cc2c1C. The van der Waals surface area contributed by atoms with Gasteiger partial charge in [0.25, 0.3) is 5.91 Å². The Morgan fingerprint density at radius 2 is 2.23 bits per heavy atom. The second-order valence-electron chi connectivity index (χ2n) is 5.04. The largest absolute Gasteiger partial charge is 0.461 e. The highest BCUT2D eigenvalue weighted by atomic mass is 16.3. The molecule has 114 valence electrons. The smallest absolute Gasteiger partial charge is 0.277 e. The number of amides is 1. The van der Waals surface area contributed by atoms with Crippen molar-refractivity contribution in [3.8, 4) is 0 Å². The highest BCUT2D eigenvalue weighted by molar-refractivity contribution is 6.03. The Hall–Kier alpha value is -2.67. The monoisotopic (exact) mass is 300 g/mol. The van der Waals surface area contributed by atoms with Gasteiger partial charge in [0.2, 0.25) is 0 Å². The van der Waals surface area contributed by atoms with Crippen LogP contribution in [0.15, 0.2) is 28.8 Å². The van der Waals surface area contributed by atoms with Gasteiger partial charge < -0.3 is 14.8 Å². The summed E-state index contributed by atoms with van der Waals surface area (Å²) in [6, 6.07) is 5.48. The van der Waals surface area contributed by atoms with Crippen molar-refractivity contribution in [2.24, 2.45) is 0 Å². The molecule has 3 aromatic rings. The molecule has 22 heavy (non-hydrogen) atoms. The van der Waals surface area contributed by atoms with E-state index in [0.29, 0.717) is 12.2 Å².